The number of aromatic carboxylic acids is 1. The van der Waals surface area contributed by atoms with Crippen LogP contribution in [-0.4, -0.2) is 37.7 Å². The maximum absolute atomic E-state index is 16.0. The van der Waals surface area contributed by atoms with Crippen LogP contribution in [0.25, 0.3) is 10.6 Å². The Morgan fingerprint density at radius 2 is 1.80 bits per heavy atom. The van der Waals surface area contributed by atoms with Crippen LogP contribution < -0.4 is 14.2 Å². The van der Waals surface area contributed by atoms with Crippen LogP contribution in [0.3, 0.4) is 0 Å². The number of nitrogens with one attached hydrogen (secondary N) is 1. The third kappa shape index (κ3) is 6.64. The van der Waals surface area contributed by atoms with Gasteiger partial charge in [-0.05, 0) is 69.4 Å². The number of nitrogens with zero attached hydrogens (tertiary/aromatic N) is 1. The molecule has 3 aromatic rings. The Hall–Kier alpha value is -3.25. The van der Waals surface area contributed by atoms with E-state index < -0.39 is 38.2 Å². The molecule has 12 heteroatoms. The van der Waals surface area contributed by atoms with Crippen molar-refractivity contribution in [2.24, 2.45) is 11.8 Å². The first-order chi connectivity index (χ1) is 19.3. The number of halogens is 2. The van der Waals surface area contributed by atoms with Gasteiger partial charge in [-0.15, -0.1) is 11.3 Å². The van der Waals surface area contributed by atoms with Gasteiger partial charge in [0.2, 0.25) is 0 Å². The predicted octanol–water partition coefficient (Wildman–Crippen LogP) is 7.31. The van der Waals surface area contributed by atoms with Crippen molar-refractivity contribution in [3.8, 4) is 22.1 Å². The Labute approximate surface area is 242 Å². The van der Waals surface area contributed by atoms with E-state index in [1.165, 1.54) is 12.5 Å². The largest absolute Gasteiger partial charge is 0.495 e. The lowest BCUT2D eigenvalue weighted by Gasteiger charge is -2.32. The molecule has 222 valence electrons. The molecule has 1 fully saturated rings. The van der Waals surface area contributed by atoms with Crippen LogP contribution in [0.2, 0.25) is 0 Å². The second-order valence-corrected chi connectivity index (χ2v) is 13.3. The number of anilines is 1. The predicted molar refractivity (Wildman–Crippen MR) is 154 cm³/mol. The zero-order chi connectivity index (χ0) is 30.1. The van der Waals surface area contributed by atoms with Crippen LogP contribution in [-0.2, 0) is 10.0 Å². The normalized spacial score (nSPS) is 17.6. The number of ether oxygens (including phenoxy) is 2. The Morgan fingerprint density at radius 1 is 1.12 bits per heavy atom. The van der Waals surface area contributed by atoms with Gasteiger partial charge in [0.1, 0.15) is 16.6 Å². The van der Waals surface area contributed by atoms with Crippen LogP contribution in [0.5, 0.6) is 11.5 Å². The summed E-state index contributed by atoms with van der Waals surface area (Å²) in [5.74, 6) is -1.87. The fourth-order valence-electron chi connectivity index (χ4n) is 5.18. The number of sulfonamides is 1. The van der Waals surface area contributed by atoms with Gasteiger partial charge in [-0.2, -0.15) is 8.42 Å². The molecule has 2 aromatic carbocycles. The Balaban J connectivity index is 1.64. The molecule has 1 aliphatic rings. The number of carboxylic acid groups (broad SMARTS) is 1. The van der Waals surface area contributed by atoms with Crippen LogP contribution >= 0.6 is 11.3 Å². The molecule has 0 unspecified atom stereocenters. The molecule has 0 amide bonds. The van der Waals surface area contributed by atoms with E-state index in [9.17, 15) is 17.6 Å². The Kier molecular flexibility index (Phi) is 9.22. The summed E-state index contributed by atoms with van der Waals surface area (Å²) in [6, 6.07) is 5.06. The molecule has 0 atom stereocenters. The van der Waals surface area contributed by atoms with E-state index in [4.69, 9.17) is 14.6 Å². The van der Waals surface area contributed by atoms with Crippen molar-refractivity contribution in [3.63, 3.8) is 0 Å². The second kappa shape index (κ2) is 12.3. The van der Waals surface area contributed by atoms with Crippen LogP contribution in [0.1, 0.15) is 75.2 Å². The Morgan fingerprint density at radius 3 is 2.39 bits per heavy atom. The Bertz CT molecular complexity index is 1530. The molecule has 1 aromatic heterocycles. The number of rotatable bonds is 10. The molecule has 41 heavy (non-hydrogen) atoms. The summed E-state index contributed by atoms with van der Waals surface area (Å²) in [7, 11) is -3.17. The van der Waals surface area contributed by atoms with Crippen molar-refractivity contribution < 1.29 is 36.6 Å². The summed E-state index contributed by atoms with van der Waals surface area (Å²) < 4.78 is 69.7. The molecule has 0 saturated heterocycles. The monoisotopic (exact) mass is 608 g/mol. The summed E-state index contributed by atoms with van der Waals surface area (Å²) in [6.45, 7) is 8.11. The highest BCUT2D eigenvalue weighted by Gasteiger charge is 2.30. The maximum Gasteiger partial charge on any atom is 0.338 e. The van der Waals surface area contributed by atoms with Crippen molar-refractivity contribution >= 4 is 33.0 Å². The number of benzene rings is 2. The quantitative estimate of drug-likeness (QED) is 0.248. The smallest absolute Gasteiger partial charge is 0.338 e. The minimum absolute atomic E-state index is 0.112. The van der Waals surface area contributed by atoms with Gasteiger partial charge in [0.05, 0.1) is 30.0 Å². The van der Waals surface area contributed by atoms with Gasteiger partial charge in [0.15, 0.2) is 16.6 Å². The molecule has 8 nitrogen and oxygen atoms in total. The van der Waals surface area contributed by atoms with Crippen molar-refractivity contribution in [3.05, 3.63) is 52.4 Å². The zero-order valence-corrected chi connectivity index (χ0v) is 25.2. The van der Waals surface area contributed by atoms with E-state index in [1.54, 1.807) is 6.07 Å². The summed E-state index contributed by atoms with van der Waals surface area (Å²) in [5, 5.41) is 10.1. The van der Waals surface area contributed by atoms with E-state index in [0.717, 1.165) is 54.7 Å². The topological polar surface area (TPSA) is 115 Å². The zero-order valence-electron chi connectivity index (χ0n) is 23.5. The van der Waals surface area contributed by atoms with Crippen LogP contribution in [0.15, 0.2) is 34.7 Å². The number of hydrogen-bond donors (Lipinski definition) is 2. The number of aromatic nitrogens is 1. The lowest BCUT2D eigenvalue weighted by Crippen LogP contribution is -2.19. The summed E-state index contributed by atoms with van der Waals surface area (Å²) in [5.41, 5.74) is -0.0553. The molecule has 0 bridgehead atoms. The lowest BCUT2D eigenvalue weighted by molar-refractivity contribution is 0.0691. The maximum atomic E-state index is 16.0. The van der Waals surface area contributed by atoms with Crippen molar-refractivity contribution in [2.75, 3.05) is 11.8 Å². The first-order valence-electron chi connectivity index (χ1n) is 13.4. The first kappa shape index (κ1) is 30.7. The van der Waals surface area contributed by atoms with E-state index in [1.807, 2.05) is 19.9 Å². The highest BCUT2D eigenvalue weighted by atomic mass is 32.2. The molecule has 0 radical (unpaired) electrons. The van der Waals surface area contributed by atoms with Gasteiger partial charge in [-0.25, -0.2) is 18.6 Å². The number of carboxylic acids is 1. The summed E-state index contributed by atoms with van der Waals surface area (Å²) >= 11 is 0.937. The van der Waals surface area contributed by atoms with Gasteiger partial charge in [0.25, 0.3) is 10.0 Å². The van der Waals surface area contributed by atoms with Gasteiger partial charge < -0.3 is 14.6 Å². The second-order valence-electron chi connectivity index (χ2n) is 10.8. The fraction of sp³-hybridized carbons (Fsp3) is 0.448. The number of carbonyl (C=O) groups is 1. The molecule has 2 N–H and O–H groups in total. The fourth-order valence-corrected chi connectivity index (χ4v) is 7.35. The van der Waals surface area contributed by atoms with E-state index >= 15 is 4.39 Å². The molecule has 0 aliphatic heterocycles. The third-order valence-electron chi connectivity index (χ3n) is 7.39. The van der Waals surface area contributed by atoms with E-state index in [0.29, 0.717) is 11.8 Å². The van der Waals surface area contributed by atoms with Crippen molar-refractivity contribution in [1.29, 1.82) is 0 Å². The van der Waals surface area contributed by atoms with Gasteiger partial charge in [-0.3, -0.25) is 4.72 Å². The first-order valence-corrected chi connectivity index (χ1v) is 15.8. The van der Waals surface area contributed by atoms with Crippen LogP contribution in [0.4, 0.5) is 14.5 Å². The average molecular weight is 609 g/mol. The van der Waals surface area contributed by atoms with Gasteiger partial charge >= 0.3 is 5.97 Å². The number of thiazole rings is 1. The highest BCUT2D eigenvalue weighted by molar-refractivity contribution is 7.92. The summed E-state index contributed by atoms with van der Waals surface area (Å²) in [4.78, 5) is 15.4. The minimum atomic E-state index is -4.36. The molecule has 1 heterocycles. The highest BCUT2D eigenvalue weighted by Crippen LogP contribution is 2.45. The van der Waals surface area contributed by atoms with E-state index in [-0.39, 0.29) is 39.8 Å². The standard InChI is InChI=1S/C29H34F2N2O6S2/c1-15(2)17-6-8-18(9-7-17)19-10-11-20(26(31)27(19)39-16(3)4)28-32-25(14-40-28)41(36,37)33-23-13-22(30)21(29(34)35)12-24(23)38-5/h10-18,33H,6-9H2,1-5H3,(H,34,35)/t17-,18-. The SMILES string of the molecule is COc1cc(C(=O)O)c(F)cc1NS(=O)(=O)c1csc(-c2ccc([C@H]3CC[C@H](C(C)C)CC3)c(OC(C)C)c2F)n1. The number of hydrogen-bond acceptors (Lipinski definition) is 7. The lowest BCUT2D eigenvalue weighted by atomic mass is 9.74. The van der Waals surface area contributed by atoms with Gasteiger partial charge in [-0.1, -0.05) is 19.9 Å². The average Bonchev–Trinajstić information content (AvgIpc) is 3.40. The van der Waals surface area contributed by atoms with Crippen LogP contribution in [0, 0.1) is 23.5 Å². The molecular formula is C29H34F2N2O6S2. The number of methoxy groups -OCH3 is 1. The van der Waals surface area contributed by atoms with Crippen molar-refractivity contribution in [2.45, 2.75) is 70.4 Å². The van der Waals surface area contributed by atoms with Crippen molar-refractivity contribution in [1.82, 2.24) is 4.98 Å². The third-order valence-corrected chi connectivity index (χ3v) is 9.66. The van der Waals surface area contributed by atoms with E-state index in [2.05, 4.69) is 23.6 Å². The van der Waals surface area contributed by atoms with Gasteiger partial charge in [0, 0.05) is 17.0 Å². The molecule has 4 rings (SSSR count). The summed E-state index contributed by atoms with van der Waals surface area (Å²) in [6.07, 6.45) is 3.75. The minimum Gasteiger partial charge on any atom is -0.495 e. The molecular weight excluding hydrogens is 574 g/mol. The molecule has 1 saturated carbocycles. The molecule has 1 aliphatic carbocycles. The molecule has 0 spiro atoms.